The van der Waals surface area contributed by atoms with E-state index in [1.165, 1.54) is 51.4 Å². The van der Waals surface area contributed by atoms with Gasteiger partial charge in [-0.25, -0.2) is 0 Å². The predicted octanol–water partition coefficient (Wildman–Crippen LogP) is 4.78. The van der Waals surface area contributed by atoms with Crippen molar-refractivity contribution >= 4 is 0 Å². The van der Waals surface area contributed by atoms with Gasteiger partial charge in [-0.15, -0.1) is 0 Å². The van der Waals surface area contributed by atoms with Crippen LogP contribution in [0.1, 0.15) is 78.1 Å². The quantitative estimate of drug-likeness (QED) is 0.675. The molecule has 4 aliphatic carbocycles. The van der Waals surface area contributed by atoms with Crippen molar-refractivity contribution in [2.75, 3.05) is 0 Å². The molecule has 20 heavy (non-hydrogen) atoms. The lowest BCUT2D eigenvalue weighted by molar-refractivity contribution is -0.124. The molecule has 4 rings (SSSR count). The Morgan fingerprint density at radius 3 is 2.50 bits per heavy atom. The fourth-order valence-electron chi connectivity index (χ4n) is 7.32. The smallest absolute Gasteiger partial charge is 0.0545 e. The van der Waals surface area contributed by atoms with Crippen LogP contribution < -0.4 is 0 Å². The first-order valence-corrected chi connectivity index (χ1v) is 9.21. The van der Waals surface area contributed by atoms with Gasteiger partial charge in [0.15, 0.2) is 0 Å². The van der Waals surface area contributed by atoms with Crippen LogP contribution in [0.2, 0.25) is 0 Å². The van der Waals surface area contributed by atoms with E-state index in [-0.39, 0.29) is 6.10 Å². The Labute approximate surface area is 124 Å². The average Bonchev–Trinajstić information content (AvgIpc) is 2.79. The molecule has 4 fully saturated rings. The summed E-state index contributed by atoms with van der Waals surface area (Å²) < 4.78 is 0. The summed E-state index contributed by atoms with van der Waals surface area (Å²) in [5, 5.41) is 10.2. The standard InChI is InChI=1S/C19H32O/c1-18-10-3-4-16(18)15-8-6-13-5-7-14(20)12-19(13,2)17(15)9-11-18/h13-17,20H,3-12H2,1-2H3/t13?,14?,15-,16-,17+,18-,19-/m0/s1. The van der Waals surface area contributed by atoms with Crippen LogP contribution in [-0.2, 0) is 0 Å². The maximum atomic E-state index is 10.2. The largest absolute Gasteiger partial charge is 0.393 e. The Morgan fingerprint density at radius 1 is 0.850 bits per heavy atom. The van der Waals surface area contributed by atoms with Crippen molar-refractivity contribution in [2.45, 2.75) is 84.2 Å². The number of rotatable bonds is 0. The molecule has 1 N–H and O–H groups in total. The minimum atomic E-state index is -0.00751. The molecule has 4 aliphatic rings. The maximum absolute atomic E-state index is 10.2. The van der Waals surface area contributed by atoms with Crippen LogP contribution in [0.25, 0.3) is 0 Å². The van der Waals surface area contributed by atoms with E-state index in [0.29, 0.717) is 10.8 Å². The molecule has 1 nitrogen and oxygen atoms in total. The molecule has 0 heterocycles. The Hall–Kier alpha value is -0.0400. The second-order valence-corrected chi connectivity index (χ2v) is 9.18. The Morgan fingerprint density at radius 2 is 1.65 bits per heavy atom. The van der Waals surface area contributed by atoms with Gasteiger partial charge >= 0.3 is 0 Å². The van der Waals surface area contributed by atoms with E-state index in [9.17, 15) is 5.11 Å². The third kappa shape index (κ3) is 1.77. The van der Waals surface area contributed by atoms with Gasteiger partial charge < -0.3 is 5.11 Å². The van der Waals surface area contributed by atoms with E-state index in [1.54, 1.807) is 0 Å². The minimum Gasteiger partial charge on any atom is -0.393 e. The molecule has 0 aromatic rings. The molecule has 1 heteroatoms. The lowest BCUT2D eigenvalue weighted by Gasteiger charge is -2.60. The van der Waals surface area contributed by atoms with Crippen molar-refractivity contribution in [2.24, 2.45) is 34.5 Å². The number of aliphatic hydroxyl groups excluding tert-OH is 1. The van der Waals surface area contributed by atoms with Crippen LogP contribution >= 0.6 is 0 Å². The first-order valence-electron chi connectivity index (χ1n) is 9.21. The molecule has 0 amide bonds. The number of hydrogen-bond donors (Lipinski definition) is 1. The van der Waals surface area contributed by atoms with Gasteiger partial charge in [-0.3, -0.25) is 0 Å². The monoisotopic (exact) mass is 276 g/mol. The maximum Gasteiger partial charge on any atom is 0.0545 e. The number of fused-ring (bicyclic) bond motifs is 5. The first kappa shape index (κ1) is 13.6. The van der Waals surface area contributed by atoms with Crippen LogP contribution in [0.4, 0.5) is 0 Å². The second kappa shape index (κ2) is 4.48. The lowest BCUT2D eigenvalue weighted by atomic mass is 9.45. The van der Waals surface area contributed by atoms with Gasteiger partial charge in [0, 0.05) is 0 Å². The fraction of sp³-hybridized carbons (Fsp3) is 1.00. The minimum absolute atomic E-state index is 0.00751. The first-order chi connectivity index (χ1) is 9.53. The molecule has 114 valence electrons. The van der Waals surface area contributed by atoms with Crippen molar-refractivity contribution < 1.29 is 5.11 Å². The summed E-state index contributed by atoms with van der Waals surface area (Å²) in [6.07, 6.45) is 13.8. The average molecular weight is 276 g/mol. The van der Waals surface area contributed by atoms with Gasteiger partial charge in [0.25, 0.3) is 0 Å². The van der Waals surface area contributed by atoms with E-state index in [1.807, 2.05) is 0 Å². The zero-order valence-electron chi connectivity index (χ0n) is 13.4. The predicted molar refractivity (Wildman–Crippen MR) is 82.4 cm³/mol. The van der Waals surface area contributed by atoms with E-state index in [4.69, 9.17) is 0 Å². The molecule has 0 spiro atoms. The zero-order chi connectivity index (χ0) is 14.0. The Bertz CT molecular complexity index is 391. The summed E-state index contributed by atoms with van der Waals surface area (Å²) in [6, 6.07) is 0. The highest BCUT2D eigenvalue weighted by molar-refractivity contribution is 5.07. The molecule has 4 saturated carbocycles. The van der Waals surface area contributed by atoms with E-state index >= 15 is 0 Å². The van der Waals surface area contributed by atoms with Crippen LogP contribution in [0.3, 0.4) is 0 Å². The van der Waals surface area contributed by atoms with Crippen molar-refractivity contribution in [3.8, 4) is 0 Å². The molecule has 0 aliphatic heterocycles. The summed E-state index contributed by atoms with van der Waals surface area (Å²) in [7, 11) is 0. The van der Waals surface area contributed by atoms with E-state index in [0.717, 1.165) is 36.5 Å². The topological polar surface area (TPSA) is 20.2 Å². The van der Waals surface area contributed by atoms with Crippen LogP contribution in [0.15, 0.2) is 0 Å². The van der Waals surface area contributed by atoms with Crippen LogP contribution in [0.5, 0.6) is 0 Å². The second-order valence-electron chi connectivity index (χ2n) is 9.18. The van der Waals surface area contributed by atoms with E-state index < -0.39 is 0 Å². The molecule has 7 atom stereocenters. The van der Waals surface area contributed by atoms with Gasteiger partial charge in [0.05, 0.1) is 6.10 Å². The van der Waals surface area contributed by atoms with Crippen molar-refractivity contribution in [1.29, 1.82) is 0 Å². The highest BCUT2D eigenvalue weighted by Gasteiger charge is 2.57. The van der Waals surface area contributed by atoms with Crippen molar-refractivity contribution in [1.82, 2.24) is 0 Å². The van der Waals surface area contributed by atoms with E-state index in [2.05, 4.69) is 13.8 Å². The Kier molecular flexibility index (Phi) is 3.05. The molecule has 0 aromatic carbocycles. The fourth-order valence-corrected chi connectivity index (χ4v) is 7.32. The molecule has 0 saturated heterocycles. The molecular formula is C19H32O. The van der Waals surface area contributed by atoms with Crippen molar-refractivity contribution in [3.05, 3.63) is 0 Å². The summed E-state index contributed by atoms with van der Waals surface area (Å²) in [5.74, 6) is 3.84. The summed E-state index contributed by atoms with van der Waals surface area (Å²) >= 11 is 0. The number of aliphatic hydroxyl groups is 1. The SMILES string of the molecule is C[C@@]12CCC[C@H]1[C@@H]1CCC3CCC(O)C[C@]3(C)[C@@H]1CC2. The molecule has 0 bridgehead atoms. The molecular weight excluding hydrogens is 244 g/mol. The molecule has 0 radical (unpaired) electrons. The third-order valence-corrected chi connectivity index (χ3v) is 8.37. The summed E-state index contributed by atoms with van der Waals surface area (Å²) in [6.45, 7) is 5.14. The van der Waals surface area contributed by atoms with Crippen molar-refractivity contribution in [3.63, 3.8) is 0 Å². The van der Waals surface area contributed by atoms with Gasteiger partial charge in [-0.2, -0.15) is 0 Å². The normalized spacial score (nSPS) is 58.6. The zero-order valence-corrected chi connectivity index (χ0v) is 13.4. The highest BCUT2D eigenvalue weighted by atomic mass is 16.3. The number of hydrogen-bond acceptors (Lipinski definition) is 1. The third-order valence-electron chi connectivity index (χ3n) is 8.37. The van der Waals surface area contributed by atoms with Crippen LogP contribution in [0, 0.1) is 34.5 Å². The molecule has 2 unspecified atom stereocenters. The summed E-state index contributed by atoms with van der Waals surface area (Å²) in [5.41, 5.74) is 1.14. The lowest BCUT2D eigenvalue weighted by Crippen LogP contribution is -2.53. The van der Waals surface area contributed by atoms with Gasteiger partial charge in [-0.05, 0) is 92.3 Å². The van der Waals surface area contributed by atoms with Gasteiger partial charge in [-0.1, -0.05) is 20.3 Å². The van der Waals surface area contributed by atoms with Crippen LogP contribution in [-0.4, -0.2) is 11.2 Å². The van der Waals surface area contributed by atoms with Gasteiger partial charge in [0.1, 0.15) is 0 Å². The molecule has 0 aromatic heterocycles. The summed E-state index contributed by atoms with van der Waals surface area (Å²) in [4.78, 5) is 0. The highest BCUT2D eigenvalue weighted by Crippen LogP contribution is 2.66. The Balaban J connectivity index is 1.64. The van der Waals surface area contributed by atoms with Gasteiger partial charge in [0.2, 0.25) is 0 Å².